The summed E-state index contributed by atoms with van der Waals surface area (Å²) in [5.74, 6) is 1.12. The molecule has 4 heterocycles. The number of imidazole rings is 1. The molecular weight excluding hydrogens is 340 g/mol. The standard InChI is InChI=1S/C16H18N6O4/c1-25-11-4-2-3-8(20-11)15-21-13-14(17)18-7-19-16(13)22(15)12-5-9(24)10(6-23)26-12/h2-4,7,9-10,12,23-24H,5-6H2,1H3,(H2,17,18,19)/t9-,10+,12+/m0/s1. The number of anilines is 1. The summed E-state index contributed by atoms with van der Waals surface area (Å²) in [6.07, 6.45) is -0.439. The van der Waals surface area contributed by atoms with Gasteiger partial charge in [-0.2, -0.15) is 0 Å². The Morgan fingerprint density at radius 2 is 2.19 bits per heavy atom. The lowest BCUT2D eigenvalue weighted by Crippen LogP contribution is -2.24. The Morgan fingerprint density at radius 1 is 1.35 bits per heavy atom. The van der Waals surface area contributed by atoms with Crippen molar-refractivity contribution in [3.8, 4) is 17.4 Å². The van der Waals surface area contributed by atoms with E-state index < -0.39 is 18.4 Å². The van der Waals surface area contributed by atoms with E-state index in [1.54, 1.807) is 22.8 Å². The summed E-state index contributed by atoms with van der Waals surface area (Å²) in [4.78, 5) is 17.2. The second kappa shape index (κ2) is 6.48. The third kappa shape index (κ3) is 2.64. The summed E-state index contributed by atoms with van der Waals surface area (Å²) in [5, 5.41) is 19.5. The number of nitrogens with zero attached hydrogens (tertiary/aromatic N) is 5. The molecule has 0 radical (unpaired) electrons. The number of aliphatic hydroxyl groups excluding tert-OH is 2. The molecule has 0 bridgehead atoms. The van der Waals surface area contributed by atoms with Gasteiger partial charge in [0.1, 0.15) is 24.4 Å². The zero-order chi connectivity index (χ0) is 18.3. The quantitative estimate of drug-likeness (QED) is 0.593. The topological polar surface area (TPSA) is 141 Å². The van der Waals surface area contributed by atoms with Crippen LogP contribution in [-0.2, 0) is 4.74 Å². The Hall–Kier alpha value is -2.82. The zero-order valence-corrected chi connectivity index (χ0v) is 14.0. The Labute approximate surface area is 148 Å². The van der Waals surface area contributed by atoms with Gasteiger partial charge in [-0.1, -0.05) is 6.07 Å². The normalized spacial score (nSPS) is 22.8. The molecule has 1 aliphatic heterocycles. The van der Waals surface area contributed by atoms with E-state index in [1.807, 2.05) is 0 Å². The van der Waals surface area contributed by atoms with E-state index in [9.17, 15) is 10.2 Å². The third-order valence-electron chi connectivity index (χ3n) is 4.34. The van der Waals surface area contributed by atoms with Gasteiger partial charge in [-0.05, 0) is 6.07 Å². The van der Waals surface area contributed by atoms with Crippen LogP contribution in [0.2, 0.25) is 0 Å². The van der Waals surface area contributed by atoms with Crippen LogP contribution in [-0.4, -0.2) is 60.6 Å². The summed E-state index contributed by atoms with van der Waals surface area (Å²) in [6.45, 7) is -0.284. The molecule has 0 saturated carbocycles. The van der Waals surface area contributed by atoms with Crippen LogP contribution in [0.3, 0.4) is 0 Å². The van der Waals surface area contributed by atoms with Gasteiger partial charge in [-0.25, -0.2) is 19.9 Å². The number of rotatable bonds is 4. The molecule has 4 N–H and O–H groups in total. The molecule has 0 amide bonds. The first kappa shape index (κ1) is 16.6. The van der Waals surface area contributed by atoms with Crippen molar-refractivity contribution in [3.05, 3.63) is 24.5 Å². The molecule has 1 aliphatic rings. The lowest BCUT2D eigenvalue weighted by Gasteiger charge is -2.16. The van der Waals surface area contributed by atoms with Gasteiger partial charge in [0.05, 0.1) is 19.8 Å². The average Bonchev–Trinajstić information content (AvgIpc) is 3.22. The molecule has 136 valence electrons. The van der Waals surface area contributed by atoms with E-state index in [1.165, 1.54) is 13.4 Å². The molecule has 0 spiro atoms. The highest BCUT2D eigenvalue weighted by molar-refractivity contribution is 5.85. The number of nitrogen functional groups attached to an aromatic ring is 1. The van der Waals surface area contributed by atoms with Crippen molar-refractivity contribution >= 4 is 17.0 Å². The Balaban J connectivity index is 1.91. The van der Waals surface area contributed by atoms with Crippen molar-refractivity contribution in [1.82, 2.24) is 24.5 Å². The molecular formula is C16H18N6O4. The molecule has 10 nitrogen and oxygen atoms in total. The lowest BCUT2D eigenvalue weighted by atomic mass is 10.2. The summed E-state index contributed by atoms with van der Waals surface area (Å²) >= 11 is 0. The summed E-state index contributed by atoms with van der Waals surface area (Å²) < 4.78 is 12.7. The van der Waals surface area contributed by atoms with Gasteiger partial charge in [0.2, 0.25) is 5.88 Å². The first-order valence-electron chi connectivity index (χ1n) is 8.06. The predicted molar refractivity (Wildman–Crippen MR) is 91.1 cm³/mol. The Bertz CT molecular complexity index is 946. The lowest BCUT2D eigenvalue weighted by molar-refractivity contribution is -0.0427. The van der Waals surface area contributed by atoms with Gasteiger partial charge in [-0.3, -0.25) is 4.57 Å². The highest BCUT2D eigenvalue weighted by Gasteiger charge is 2.37. The molecule has 26 heavy (non-hydrogen) atoms. The fourth-order valence-corrected chi connectivity index (χ4v) is 3.07. The average molecular weight is 358 g/mol. The van der Waals surface area contributed by atoms with E-state index in [0.29, 0.717) is 28.6 Å². The van der Waals surface area contributed by atoms with Crippen LogP contribution >= 0.6 is 0 Å². The molecule has 0 unspecified atom stereocenters. The van der Waals surface area contributed by atoms with Crippen LogP contribution in [0.25, 0.3) is 22.7 Å². The number of pyridine rings is 1. The number of hydrogen-bond acceptors (Lipinski definition) is 9. The molecule has 1 saturated heterocycles. The number of nitrogens with two attached hydrogens (primary N) is 1. The summed E-state index contributed by atoms with van der Waals surface area (Å²) in [5.41, 5.74) is 7.36. The van der Waals surface area contributed by atoms with Gasteiger partial charge in [-0.15, -0.1) is 0 Å². The summed E-state index contributed by atoms with van der Waals surface area (Å²) in [6, 6.07) is 5.29. The molecule has 0 aromatic carbocycles. The van der Waals surface area contributed by atoms with Crippen molar-refractivity contribution < 1.29 is 19.7 Å². The van der Waals surface area contributed by atoms with E-state index >= 15 is 0 Å². The molecule has 10 heteroatoms. The minimum atomic E-state index is -0.798. The van der Waals surface area contributed by atoms with Crippen LogP contribution in [0.15, 0.2) is 24.5 Å². The molecule has 3 aromatic heterocycles. The van der Waals surface area contributed by atoms with Crippen molar-refractivity contribution in [2.24, 2.45) is 0 Å². The Morgan fingerprint density at radius 3 is 2.92 bits per heavy atom. The first-order chi connectivity index (χ1) is 12.6. The van der Waals surface area contributed by atoms with Gasteiger partial charge >= 0.3 is 0 Å². The maximum Gasteiger partial charge on any atom is 0.213 e. The van der Waals surface area contributed by atoms with Crippen LogP contribution in [0.1, 0.15) is 12.6 Å². The van der Waals surface area contributed by atoms with Crippen LogP contribution in [0.5, 0.6) is 5.88 Å². The van der Waals surface area contributed by atoms with E-state index in [-0.39, 0.29) is 18.8 Å². The maximum atomic E-state index is 10.1. The maximum absolute atomic E-state index is 10.1. The fraction of sp³-hybridized carbons (Fsp3) is 0.375. The molecule has 3 atom stereocenters. The molecule has 4 rings (SSSR count). The van der Waals surface area contributed by atoms with E-state index in [4.69, 9.17) is 15.2 Å². The SMILES string of the molecule is COc1cccc(-c2nc3c(N)ncnc3n2[C@H]2C[C@H](O)[C@@H](CO)O2)n1. The third-order valence-corrected chi connectivity index (χ3v) is 4.34. The number of aliphatic hydroxyl groups is 2. The fourth-order valence-electron chi connectivity index (χ4n) is 3.07. The van der Waals surface area contributed by atoms with Crippen molar-refractivity contribution in [1.29, 1.82) is 0 Å². The first-order valence-corrected chi connectivity index (χ1v) is 8.06. The molecule has 0 aliphatic carbocycles. The largest absolute Gasteiger partial charge is 0.481 e. The number of aromatic nitrogens is 5. The highest BCUT2D eigenvalue weighted by Crippen LogP contribution is 2.36. The number of ether oxygens (including phenoxy) is 2. The molecule has 1 fully saturated rings. The number of fused-ring (bicyclic) bond motifs is 1. The van der Waals surface area contributed by atoms with E-state index in [2.05, 4.69) is 19.9 Å². The minimum Gasteiger partial charge on any atom is -0.481 e. The van der Waals surface area contributed by atoms with Gasteiger partial charge in [0.25, 0.3) is 0 Å². The second-order valence-corrected chi connectivity index (χ2v) is 5.92. The van der Waals surface area contributed by atoms with Crippen molar-refractivity contribution in [2.45, 2.75) is 24.9 Å². The number of hydrogen-bond donors (Lipinski definition) is 3. The summed E-state index contributed by atoms with van der Waals surface area (Å²) in [7, 11) is 1.53. The monoisotopic (exact) mass is 358 g/mol. The highest BCUT2D eigenvalue weighted by atomic mass is 16.5. The Kier molecular flexibility index (Phi) is 4.15. The van der Waals surface area contributed by atoms with Crippen LogP contribution in [0, 0.1) is 0 Å². The van der Waals surface area contributed by atoms with Gasteiger partial charge in [0.15, 0.2) is 22.8 Å². The second-order valence-electron chi connectivity index (χ2n) is 5.92. The van der Waals surface area contributed by atoms with Crippen molar-refractivity contribution in [3.63, 3.8) is 0 Å². The van der Waals surface area contributed by atoms with Crippen LogP contribution < -0.4 is 10.5 Å². The van der Waals surface area contributed by atoms with Gasteiger partial charge < -0.3 is 25.4 Å². The molecule has 3 aromatic rings. The smallest absolute Gasteiger partial charge is 0.213 e. The van der Waals surface area contributed by atoms with Crippen LogP contribution in [0.4, 0.5) is 5.82 Å². The minimum absolute atomic E-state index is 0.232. The predicted octanol–water partition coefficient (Wildman–Crippen LogP) is 0.120. The zero-order valence-electron chi connectivity index (χ0n) is 14.0. The number of methoxy groups -OCH3 is 1. The van der Waals surface area contributed by atoms with E-state index in [0.717, 1.165) is 0 Å². The van der Waals surface area contributed by atoms with Crippen molar-refractivity contribution in [2.75, 3.05) is 19.5 Å². The van der Waals surface area contributed by atoms with Gasteiger partial charge in [0, 0.05) is 12.5 Å².